The first kappa shape index (κ1) is 16.2. The van der Waals surface area contributed by atoms with Crippen molar-refractivity contribution in [1.29, 1.82) is 0 Å². The monoisotopic (exact) mass is 309 g/mol. The molecule has 122 valence electrons. The first-order valence-electron chi connectivity index (χ1n) is 8.84. The maximum atomic E-state index is 6.29. The topological polar surface area (TPSA) is 35.2 Å². The van der Waals surface area contributed by atoms with Crippen molar-refractivity contribution in [3.8, 4) is 11.1 Å². The third-order valence-electron chi connectivity index (χ3n) is 4.78. The molecule has 3 rings (SSSR count). The molecule has 2 aromatic carbocycles. The normalized spacial score (nSPS) is 22.3. The molecule has 1 aliphatic rings. The van der Waals surface area contributed by atoms with E-state index in [2.05, 4.69) is 48.5 Å². The van der Waals surface area contributed by atoms with E-state index in [1.807, 2.05) is 6.07 Å². The lowest BCUT2D eigenvalue weighted by molar-refractivity contribution is 0.0115. The van der Waals surface area contributed by atoms with Gasteiger partial charge in [-0.25, -0.2) is 0 Å². The van der Waals surface area contributed by atoms with E-state index in [0.29, 0.717) is 6.61 Å². The van der Waals surface area contributed by atoms with Crippen LogP contribution in [0, 0.1) is 0 Å². The van der Waals surface area contributed by atoms with Gasteiger partial charge in [0.05, 0.1) is 12.7 Å². The van der Waals surface area contributed by atoms with Crippen molar-refractivity contribution < 1.29 is 4.74 Å². The zero-order valence-electron chi connectivity index (χ0n) is 13.8. The smallest absolute Gasteiger partial charge is 0.0730 e. The van der Waals surface area contributed by atoms with Crippen molar-refractivity contribution in [3.05, 3.63) is 60.2 Å². The van der Waals surface area contributed by atoms with E-state index in [4.69, 9.17) is 10.5 Å². The molecule has 2 N–H and O–H groups in total. The maximum absolute atomic E-state index is 6.29. The van der Waals surface area contributed by atoms with Gasteiger partial charge in [0.2, 0.25) is 0 Å². The predicted octanol–water partition coefficient (Wildman–Crippen LogP) is 4.92. The minimum absolute atomic E-state index is 0.193. The molecule has 2 atom stereocenters. The molecule has 0 heterocycles. The number of hydrogen-bond donors (Lipinski definition) is 1. The van der Waals surface area contributed by atoms with Crippen molar-refractivity contribution in [3.63, 3.8) is 0 Å². The van der Waals surface area contributed by atoms with E-state index < -0.39 is 0 Å². The van der Waals surface area contributed by atoms with Gasteiger partial charge in [-0.05, 0) is 29.5 Å². The molecule has 0 aliphatic heterocycles. The summed E-state index contributed by atoms with van der Waals surface area (Å²) in [6, 6.07) is 19.3. The first-order valence-corrected chi connectivity index (χ1v) is 8.84. The molecule has 0 radical (unpaired) electrons. The molecule has 2 heteroatoms. The van der Waals surface area contributed by atoms with Crippen LogP contribution in [0.3, 0.4) is 0 Å². The minimum Gasteiger partial charge on any atom is -0.372 e. The fraction of sp³-hybridized carbons (Fsp3) is 0.429. The highest BCUT2D eigenvalue weighted by atomic mass is 16.5. The lowest BCUT2D eigenvalue weighted by Crippen LogP contribution is -2.37. The van der Waals surface area contributed by atoms with Gasteiger partial charge in [-0.2, -0.15) is 0 Å². The van der Waals surface area contributed by atoms with Crippen LogP contribution in [0.2, 0.25) is 0 Å². The summed E-state index contributed by atoms with van der Waals surface area (Å²) in [6.45, 7) is 0.660. The summed E-state index contributed by atoms with van der Waals surface area (Å²) in [5.74, 6) is 0. The third kappa shape index (κ3) is 4.66. The Morgan fingerprint density at radius 2 is 1.43 bits per heavy atom. The third-order valence-corrected chi connectivity index (χ3v) is 4.78. The largest absolute Gasteiger partial charge is 0.372 e. The fourth-order valence-corrected chi connectivity index (χ4v) is 3.31. The molecule has 23 heavy (non-hydrogen) atoms. The summed E-state index contributed by atoms with van der Waals surface area (Å²) in [6.07, 6.45) is 7.53. The van der Waals surface area contributed by atoms with Crippen LogP contribution in [-0.2, 0) is 11.3 Å². The Balaban J connectivity index is 1.57. The van der Waals surface area contributed by atoms with Gasteiger partial charge < -0.3 is 10.5 Å². The predicted molar refractivity (Wildman–Crippen MR) is 96.1 cm³/mol. The van der Waals surface area contributed by atoms with Crippen LogP contribution in [0.25, 0.3) is 11.1 Å². The SMILES string of the molecule is NC1CCCCCCC1OCc1ccc(-c2ccccc2)cc1. The molecule has 0 saturated heterocycles. The lowest BCUT2D eigenvalue weighted by atomic mass is 9.95. The molecule has 1 aliphatic carbocycles. The Bertz CT molecular complexity index is 579. The molecule has 1 fully saturated rings. The molecule has 2 unspecified atom stereocenters. The molecule has 0 bridgehead atoms. The maximum Gasteiger partial charge on any atom is 0.0730 e. The van der Waals surface area contributed by atoms with Crippen molar-refractivity contribution in [2.45, 2.75) is 57.3 Å². The van der Waals surface area contributed by atoms with Crippen molar-refractivity contribution in [1.82, 2.24) is 0 Å². The second kappa shape index (κ2) is 8.28. The second-order valence-corrected chi connectivity index (χ2v) is 6.57. The highest BCUT2D eigenvalue weighted by Crippen LogP contribution is 2.22. The highest BCUT2D eigenvalue weighted by molar-refractivity contribution is 5.63. The number of nitrogens with two attached hydrogens (primary N) is 1. The van der Waals surface area contributed by atoms with Crippen LogP contribution < -0.4 is 5.73 Å². The summed E-state index contributed by atoms with van der Waals surface area (Å²) in [4.78, 5) is 0. The Labute approximate surface area is 139 Å². The molecule has 0 aromatic heterocycles. The Kier molecular flexibility index (Phi) is 5.84. The van der Waals surface area contributed by atoms with E-state index in [-0.39, 0.29) is 12.1 Å². The summed E-state index contributed by atoms with van der Waals surface area (Å²) < 4.78 is 6.14. The Hall–Kier alpha value is -1.64. The first-order chi connectivity index (χ1) is 11.3. The fourth-order valence-electron chi connectivity index (χ4n) is 3.31. The average molecular weight is 309 g/mol. The number of benzene rings is 2. The molecular weight excluding hydrogens is 282 g/mol. The Morgan fingerprint density at radius 3 is 2.17 bits per heavy atom. The van der Waals surface area contributed by atoms with Crippen LogP contribution in [0.1, 0.15) is 44.1 Å². The van der Waals surface area contributed by atoms with Gasteiger partial charge in [-0.3, -0.25) is 0 Å². The van der Waals surface area contributed by atoms with Gasteiger partial charge in [-0.15, -0.1) is 0 Å². The van der Waals surface area contributed by atoms with Gasteiger partial charge in [-0.1, -0.05) is 80.3 Å². The molecule has 0 spiro atoms. The van der Waals surface area contributed by atoms with E-state index in [1.165, 1.54) is 42.4 Å². The summed E-state index contributed by atoms with van der Waals surface area (Å²) in [5.41, 5.74) is 10.0. The summed E-state index contributed by atoms with van der Waals surface area (Å²) in [5, 5.41) is 0. The molecule has 2 nitrogen and oxygen atoms in total. The van der Waals surface area contributed by atoms with E-state index in [0.717, 1.165) is 12.8 Å². The van der Waals surface area contributed by atoms with Crippen molar-refractivity contribution in [2.24, 2.45) is 5.73 Å². The zero-order valence-corrected chi connectivity index (χ0v) is 13.8. The van der Waals surface area contributed by atoms with Crippen molar-refractivity contribution >= 4 is 0 Å². The number of hydrogen-bond acceptors (Lipinski definition) is 2. The van der Waals surface area contributed by atoms with Crippen LogP contribution in [0.15, 0.2) is 54.6 Å². The molecular formula is C21H27NO. The van der Waals surface area contributed by atoms with E-state index in [9.17, 15) is 0 Å². The van der Waals surface area contributed by atoms with Gasteiger partial charge in [0.15, 0.2) is 0 Å². The van der Waals surface area contributed by atoms with Crippen molar-refractivity contribution in [2.75, 3.05) is 0 Å². The van der Waals surface area contributed by atoms with E-state index >= 15 is 0 Å². The van der Waals surface area contributed by atoms with Crippen LogP contribution in [-0.4, -0.2) is 12.1 Å². The highest BCUT2D eigenvalue weighted by Gasteiger charge is 2.19. The van der Waals surface area contributed by atoms with Gasteiger partial charge >= 0.3 is 0 Å². The lowest BCUT2D eigenvalue weighted by Gasteiger charge is -2.26. The van der Waals surface area contributed by atoms with Crippen LogP contribution in [0.4, 0.5) is 0 Å². The second-order valence-electron chi connectivity index (χ2n) is 6.57. The van der Waals surface area contributed by atoms with E-state index in [1.54, 1.807) is 0 Å². The minimum atomic E-state index is 0.193. The Morgan fingerprint density at radius 1 is 0.783 bits per heavy atom. The zero-order chi connectivity index (χ0) is 15.9. The van der Waals surface area contributed by atoms with Gasteiger partial charge in [0.25, 0.3) is 0 Å². The molecule has 1 saturated carbocycles. The van der Waals surface area contributed by atoms with Gasteiger partial charge in [0.1, 0.15) is 0 Å². The van der Waals surface area contributed by atoms with Crippen LogP contribution >= 0.6 is 0 Å². The summed E-state index contributed by atoms with van der Waals surface area (Å²) >= 11 is 0. The standard InChI is InChI=1S/C21H27NO/c22-20-10-6-1-2-7-11-21(20)23-16-17-12-14-19(15-13-17)18-8-4-3-5-9-18/h3-5,8-9,12-15,20-21H,1-2,6-7,10-11,16,22H2. The average Bonchev–Trinajstić information content (AvgIpc) is 2.59. The van der Waals surface area contributed by atoms with Gasteiger partial charge in [0, 0.05) is 6.04 Å². The number of ether oxygens (including phenoxy) is 1. The number of rotatable bonds is 4. The molecule has 0 amide bonds. The quantitative estimate of drug-likeness (QED) is 0.870. The molecule has 2 aromatic rings. The van der Waals surface area contributed by atoms with Crippen LogP contribution in [0.5, 0.6) is 0 Å². The summed E-state index contributed by atoms with van der Waals surface area (Å²) in [7, 11) is 0.